The summed E-state index contributed by atoms with van der Waals surface area (Å²) in [6.07, 6.45) is 0.406. The summed E-state index contributed by atoms with van der Waals surface area (Å²) in [6, 6.07) is 15.5. The van der Waals surface area contributed by atoms with Crippen LogP contribution in [0, 0.1) is 5.41 Å². The molecule has 1 saturated heterocycles. The Morgan fingerprint density at radius 2 is 1.56 bits per heavy atom. The van der Waals surface area contributed by atoms with E-state index in [-0.39, 0.29) is 18.2 Å². The third kappa shape index (κ3) is 3.18. The molecule has 128 valence electrons. The largest absolute Gasteiger partial charge is 0.481 e. The van der Waals surface area contributed by atoms with E-state index in [1.165, 1.54) is 4.90 Å². The lowest BCUT2D eigenvalue weighted by atomic mass is 9.90. The van der Waals surface area contributed by atoms with Crippen molar-refractivity contribution >= 4 is 17.7 Å². The molecule has 0 bridgehead atoms. The van der Waals surface area contributed by atoms with Gasteiger partial charge in [-0.15, -0.1) is 0 Å². The molecule has 5 heteroatoms. The standard InChI is InChI=1S/C20H19NO4/c1-20(19(24)25)11-12-21(13-20)18(23)16-10-6-5-9-15(16)17(22)14-7-3-2-4-8-14/h2-10H,11-13H2,1H3,(H,24,25). The second kappa shape index (κ2) is 6.51. The van der Waals surface area contributed by atoms with Gasteiger partial charge in [0.15, 0.2) is 5.78 Å². The highest BCUT2D eigenvalue weighted by atomic mass is 16.4. The number of ketones is 1. The molecule has 0 aliphatic carbocycles. The molecular formula is C20H19NO4. The smallest absolute Gasteiger partial charge is 0.311 e. The van der Waals surface area contributed by atoms with Gasteiger partial charge in [-0.1, -0.05) is 48.5 Å². The minimum atomic E-state index is -0.936. The van der Waals surface area contributed by atoms with Crippen LogP contribution in [0.25, 0.3) is 0 Å². The van der Waals surface area contributed by atoms with Gasteiger partial charge < -0.3 is 10.0 Å². The predicted octanol–water partition coefficient (Wildman–Crippen LogP) is 2.85. The summed E-state index contributed by atoms with van der Waals surface area (Å²) in [6.45, 7) is 2.16. The zero-order valence-electron chi connectivity index (χ0n) is 13.9. The number of benzene rings is 2. The highest BCUT2D eigenvalue weighted by molar-refractivity contribution is 6.15. The van der Waals surface area contributed by atoms with Gasteiger partial charge in [-0.2, -0.15) is 0 Å². The van der Waals surface area contributed by atoms with E-state index in [2.05, 4.69) is 0 Å². The monoisotopic (exact) mass is 337 g/mol. The number of carboxylic acids is 1. The number of carboxylic acid groups (broad SMARTS) is 1. The third-order valence-corrected chi connectivity index (χ3v) is 4.71. The molecule has 0 saturated carbocycles. The zero-order valence-corrected chi connectivity index (χ0v) is 13.9. The predicted molar refractivity (Wildman–Crippen MR) is 92.6 cm³/mol. The van der Waals surface area contributed by atoms with E-state index >= 15 is 0 Å². The summed E-state index contributed by atoms with van der Waals surface area (Å²) in [4.78, 5) is 38.6. The first kappa shape index (κ1) is 16.9. The molecule has 2 aromatic carbocycles. The van der Waals surface area contributed by atoms with Crippen LogP contribution in [0.4, 0.5) is 0 Å². The molecule has 1 fully saturated rings. The van der Waals surface area contributed by atoms with Gasteiger partial charge in [0.25, 0.3) is 5.91 Å². The summed E-state index contributed by atoms with van der Waals surface area (Å²) >= 11 is 0. The fourth-order valence-electron chi connectivity index (χ4n) is 3.09. The lowest BCUT2D eigenvalue weighted by Crippen LogP contribution is -2.35. The van der Waals surface area contributed by atoms with E-state index < -0.39 is 11.4 Å². The summed E-state index contributed by atoms with van der Waals surface area (Å²) in [5, 5.41) is 9.34. The maximum Gasteiger partial charge on any atom is 0.311 e. The van der Waals surface area contributed by atoms with Crippen LogP contribution in [-0.4, -0.2) is 40.8 Å². The lowest BCUT2D eigenvalue weighted by Gasteiger charge is -2.21. The Bertz CT molecular complexity index is 831. The van der Waals surface area contributed by atoms with Crippen molar-refractivity contribution in [2.45, 2.75) is 13.3 Å². The van der Waals surface area contributed by atoms with Crippen LogP contribution in [0.2, 0.25) is 0 Å². The fourth-order valence-corrected chi connectivity index (χ4v) is 3.09. The van der Waals surface area contributed by atoms with Crippen LogP contribution in [0.3, 0.4) is 0 Å². The van der Waals surface area contributed by atoms with Crippen LogP contribution < -0.4 is 0 Å². The lowest BCUT2D eigenvalue weighted by molar-refractivity contribution is -0.147. The number of carbonyl (C=O) groups excluding carboxylic acids is 2. The molecule has 0 aromatic heterocycles. The molecule has 2 aromatic rings. The molecule has 3 rings (SSSR count). The number of hydrogen-bond acceptors (Lipinski definition) is 3. The SMILES string of the molecule is CC1(C(=O)O)CCN(C(=O)c2ccccc2C(=O)c2ccccc2)C1. The van der Waals surface area contributed by atoms with Crippen molar-refractivity contribution in [2.75, 3.05) is 13.1 Å². The van der Waals surface area contributed by atoms with E-state index in [1.807, 2.05) is 6.07 Å². The van der Waals surface area contributed by atoms with Crippen molar-refractivity contribution in [1.29, 1.82) is 0 Å². The Balaban J connectivity index is 1.90. The molecular weight excluding hydrogens is 318 g/mol. The van der Waals surface area contributed by atoms with E-state index in [4.69, 9.17) is 0 Å². The highest BCUT2D eigenvalue weighted by Crippen LogP contribution is 2.31. The maximum absolute atomic E-state index is 12.9. The average molecular weight is 337 g/mol. The second-order valence-electron chi connectivity index (χ2n) is 6.58. The van der Waals surface area contributed by atoms with Crippen molar-refractivity contribution < 1.29 is 19.5 Å². The molecule has 0 spiro atoms. The van der Waals surface area contributed by atoms with Gasteiger partial charge in [0.05, 0.1) is 11.0 Å². The number of rotatable bonds is 4. The minimum absolute atomic E-state index is 0.148. The Labute approximate surface area is 145 Å². The minimum Gasteiger partial charge on any atom is -0.481 e. The van der Waals surface area contributed by atoms with Crippen LogP contribution in [0.1, 0.15) is 39.6 Å². The number of carbonyl (C=O) groups is 3. The van der Waals surface area contributed by atoms with Crippen molar-refractivity contribution in [3.05, 3.63) is 71.3 Å². The van der Waals surface area contributed by atoms with E-state index in [1.54, 1.807) is 55.5 Å². The molecule has 1 atom stereocenters. The van der Waals surface area contributed by atoms with Crippen molar-refractivity contribution in [3.63, 3.8) is 0 Å². The summed E-state index contributed by atoms with van der Waals surface area (Å²) in [7, 11) is 0. The van der Waals surface area contributed by atoms with Crippen molar-refractivity contribution in [2.24, 2.45) is 5.41 Å². The number of nitrogens with zero attached hydrogens (tertiary/aromatic N) is 1. The fraction of sp³-hybridized carbons (Fsp3) is 0.250. The van der Waals surface area contributed by atoms with Crippen molar-refractivity contribution in [3.8, 4) is 0 Å². The Kier molecular flexibility index (Phi) is 4.40. The summed E-state index contributed by atoms with van der Waals surface area (Å²) in [5.74, 6) is -1.42. The molecule has 25 heavy (non-hydrogen) atoms. The van der Waals surface area contributed by atoms with Crippen LogP contribution >= 0.6 is 0 Å². The van der Waals surface area contributed by atoms with Gasteiger partial charge in [0.1, 0.15) is 0 Å². The first-order valence-electron chi connectivity index (χ1n) is 8.14. The first-order valence-corrected chi connectivity index (χ1v) is 8.14. The van der Waals surface area contributed by atoms with Crippen LogP contribution in [-0.2, 0) is 4.79 Å². The topological polar surface area (TPSA) is 74.7 Å². The number of amides is 1. The van der Waals surface area contributed by atoms with Gasteiger partial charge in [-0.3, -0.25) is 14.4 Å². The Morgan fingerprint density at radius 3 is 2.16 bits per heavy atom. The Morgan fingerprint density at radius 1 is 0.960 bits per heavy atom. The van der Waals surface area contributed by atoms with Gasteiger partial charge in [0, 0.05) is 24.2 Å². The number of hydrogen-bond donors (Lipinski definition) is 1. The van der Waals surface area contributed by atoms with E-state index in [0.29, 0.717) is 29.7 Å². The average Bonchev–Trinajstić information content (AvgIpc) is 3.05. The highest BCUT2D eigenvalue weighted by Gasteiger charge is 2.42. The molecule has 1 unspecified atom stereocenters. The van der Waals surface area contributed by atoms with Gasteiger partial charge in [-0.25, -0.2) is 0 Å². The summed E-state index contributed by atoms with van der Waals surface area (Å²) < 4.78 is 0. The molecule has 1 N–H and O–H groups in total. The zero-order chi connectivity index (χ0) is 18.0. The first-order chi connectivity index (χ1) is 11.9. The molecule has 1 heterocycles. The normalized spacial score (nSPS) is 19.6. The third-order valence-electron chi connectivity index (χ3n) is 4.71. The molecule has 1 aliphatic heterocycles. The van der Waals surface area contributed by atoms with E-state index in [9.17, 15) is 19.5 Å². The summed E-state index contributed by atoms with van der Waals surface area (Å²) in [5.41, 5.74) is 0.224. The molecule has 1 aliphatic rings. The van der Waals surface area contributed by atoms with Crippen LogP contribution in [0.15, 0.2) is 54.6 Å². The van der Waals surface area contributed by atoms with Gasteiger partial charge in [-0.05, 0) is 19.4 Å². The molecule has 1 amide bonds. The Hall–Kier alpha value is -2.95. The van der Waals surface area contributed by atoms with Crippen molar-refractivity contribution in [1.82, 2.24) is 4.90 Å². The molecule has 5 nitrogen and oxygen atoms in total. The van der Waals surface area contributed by atoms with Crippen LogP contribution in [0.5, 0.6) is 0 Å². The number of likely N-dealkylation sites (tertiary alicyclic amines) is 1. The number of aliphatic carboxylic acids is 1. The quantitative estimate of drug-likeness (QED) is 0.871. The second-order valence-corrected chi connectivity index (χ2v) is 6.58. The maximum atomic E-state index is 12.9. The molecule has 0 radical (unpaired) electrons. The van der Waals surface area contributed by atoms with Gasteiger partial charge in [0.2, 0.25) is 0 Å². The van der Waals surface area contributed by atoms with E-state index in [0.717, 1.165) is 0 Å². The van der Waals surface area contributed by atoms with Gasteiger partial charge >= 0.3 is 5.97 Å².